The molecule has 0 radical (unpaired) electrons. The number of para-hydroxylation sites is 1. The van der Waals surface area contributed by atoms with Gasteiger partial charge in [0.2, 0.25) is 0 Å². The number of anilines is 3. The predicted molar refractivity (Wildman–Crippen MR) is 199 cm³/mol. The average Bonchev–Trinajstić information content (AvgIpc) is 3.18. The van der Waals surface area contributed by atoms with E-state index in [-0.39, 0.29) is 0 Å². The van der Waals surface area contributed by atoms with Crippen LogP contribution in [0.4, 0.5) is 17.1 Å². The molecule has 9 rings (SSSR count). The van der Waals surface area contributed by atoms with E-state index in [9.17, 15) is 0 Å². The second-order valence-corrected chi connectivity index (χ2v) is 12.3. The van der Waals surface area contributed by atoms with Crippen LogP contribution in [0, 0.1) is 0 Å². The lowest BCUT2D eigenvalue weighted by atomic mass is 9.62. The van der Waals surface area contributed by atoms with Gasteiger partial charge < -0.3 is 4.90 Å². The molecular weight excluding hydrogens is 581 g/mol. The highest BCUT2D eigenvalue weighted by atomic mass is 15.2. The molecule has 0 atom stereocenters. The van der Waals surface area contributed by atoms with Crippen molar-refractivity contribution in [1.82, 2.24) is 4.98 Å². The molecule has 0 amide bonds. The Kier molecular flexibility index (Phi) is 6.72. The van der Waals surface area contributed by atoms with E-state index in [0.29, 0.717) is 0 Å². The van der Waals surface area contributed by atoms with Crippen LogP contribution in [0.5, 0.6) is 0 Å². The molecule has 2 heteroatoms. The van der Waals surface area contributed by atoms with Gasteiger partial charge in [0, 0.05) is 22.7 Å². The summed E-state index contributed by atoms with van der Waals surface area (Å²) in [5.41, 5.74) is 12.0. The third-order valence-corrected chi connectivity index (χ3v) is 9.77. The number of nitrogens with zero attached hydrogens (tertiary/aromatic N) is 2. The summed E-state index contributed by atoms with van der Waals surface area (Å²) in [7, 11) is 0. The SMILES string of the molecule is c1ccc(-c2ccnc(-c3ccccc3)c2N2c3ccccc3C(c3ccccc3)(c3ccccc3)c3ccc4ccccc4c32)cc1. The lowest BCUT2D eigenvalue weighted by Crippen LogP contribution is -2.38. The molecule has 0 unspecified atom stereocenters. The van der Waals surface area contributed by atoms with Crippen molar-refractivity contribution in [2.45, 2.75) is 5.41 Å². The lowest BCUT2D eigenvalue weighted by molar-refractivity contribution is 0.733. The van der Waals surface area contributed by atoms with Gasteiger partial charge in [-0.25, -0.2) is 0 Å². The minimum Gasteiger partial charge on any atom is -0.306 e. The fraction of sp³-hybridized carbons (Fsp3) is 0.0217. The largest absolute Gasteiger partial charge is 0.306 e. The standard InChI is InChI=1S/C46H32N2/c1-5-17-33(18-6-1)39-31-32-47-43(35-20-7-2-8-21-35)45(39)48-42-28-16-15-27-40(42)46(36-22-9-3-10-23-36,37-24-11-4-12-25-37)41-30-29-34-19-13-14-26-38(34)44(41)48/h1-32H. The monoisotopic (exact) mass is 612 g/mol. The van der Waals surface area contributed by atoms with Crippen molar-refractivity contribution >= 4 is 27.8 Å². The maximum atomic E-state index is 5.15. The Morgan fingerprint density at radius 2 is 0.979 bits per heavy atom. The average molecular weight is 613 g/mol. The van der Waals surface area contributed by atoms with E-state index in [1.54, 1.807) is 0 Å². The van der Waals surface area contributed by atoms with Crippen LogP contribution in [-0.2, 0) is 5.41 Å². The Morgan fingerprint density at radius 1 is 0.417 bits per heavy atom. The summed E-state index contributed by atoms with van der Waals surface area (Å²) in [6, 6.07) is 67.9. The minimum atomic E-state index is -0.572. The highest BCUT2D eigenvalue weighted by molar-refractivity contribution is 6.08. The van der Waals surface area contributed by atoms with Crippen molar-refractivity contribution in [3.05, 3.63) is 217 Å². The summed E-state index contributed by atoms with van der Waals surface area (Å²) in [5, 5.41) is 2.39. The fourth-order valence-electron chi connectivity index (χ4n) is 7.79. The Morgan fingerprint density at radius 3 is 1.67 bits per heavy atom. The first-order valence-corrected chi connectivity index (χ1v) is 16.5. The van der Waals surface area contributed by atoms with E-state index in [2.05, 4.69) is 193 Å². The minimum absolute atomic E-state index is 0.572. The second-order valence-electron chi connectivity index (χ2n) is 12.3. The maximum Gasteiger partial charge on any atom is 0.0948 e. The van der Waals surface area contributed by atoms with E-state index >= 15 is 0 Å². The molecule has 0 spiro atoms. The van der Waals surface area contributed by atoms with Crippen LogP contribution in [0.25, 0.3) is 33.2 Å². The normalized spacial score (nSPS) is 13.1. The molecule has 2 heterocycles. The van der Waals surface area contributed by atoms with E-state index in [4.69, 9.17) is 4.98 Å². The number of rotatable bonds is 5. The van der Waals surface area contributed by atoms with E-state index < -0.39 is 5.41 Å². The number of aromatic nitrogens is 1. The lowest BCUT2D eigenvalue weighted by Gasteiger charge is -2.47. The predicted octanol–water partition coefficient (Wildman–Crippen LogP) is 11.7. The van der Waals surface area contributed by atoms with Crippen molar-refractivity contribution in [1.29, 1.82) is 0 Å². The zero-order chi connectivity index (χ0) is 31.9. The van der Waals surface area contributed by atoms with Gasteiger partial charge in [-0.05, 0) is 45.3 Å². The van der Waals surface area contributed by atoms with Gasteiger partial charge >= 0.3 is 0 Å². The highest BCUT2D eigenvalue weighted by Gasteiger charge is 2.47. The first kappa shape index (κ1) is 28.0. The van der Waals surface area contributed by atoms with Gasteiger partial charge in [0.25, 0.3) is 0 Å². The Balaban J connectivity index is 1.49. The molecule has 226 valence electrons. The van der Waals surface area contributed by atoms with Crippen LogP contribution in [-0.4, -0.2) is 4.98 Å². The van der Waals surface area contributed by atoms with E-state index in [1.165, 1.54) is 38.7 Å². The Hall–Kier alpha value is -6.25. The van der Waals surface area contributed by atoms with Crippen LogP contribution in [0.2, 0.25) is 0 Å². The highest BCUT2D eigenvalue weighted by Crippen LogP contribution is 2.60. The van der Waals surface area contributed by atoms with E-state index in [1.807, 2.05) is 6.20 Å². The van der Waals surface area contributed by atoms with Crippen LogP contribution < -0.4 is 4.90 Å². The Labute approximate surface area is 281 Å². The summed E-state index contributed by atoms with van der Waals surface area (Å²) in [6.07, 6.45) is 1.95. The molecule has 48 heavy (non-hydrogen) atoms. The van der Waals surface area contributed by atoms with Crippen molar-refractivity contribution in [2.75, 3.05) is 4.90 Å². The number of benzene rings is 7. The van der Waals surface area contributed by atoms with Gasteiger partial charge in [0.1, 0.15) is 0 Å². The van der Waals surface area contributed by atoms with Gasteiger partial charge in [0.05, 0.1) is 28.2 Å². The number of fused-ring (bicyclic) bond motifs is 4. The van der Waals surface area contributed by atoms with Gasteiger partial charge in [0.15, 0.2) is 0 Å². The molecule has 1 aromatic heterocycles. The maximum absolute atomic E-state index is 5.15. The Bertz CT molecular complexity index is 2290. The first-order chi connectivity index (χ1) is 23.9. The van der Waals surface area contributed by atoms with Crippen molar-refractivity contribution in [3.8, 4) is 22.4 Å². The molecular formula is C46H32N2. The summed E-state index contributed by atoms with van der Waals surface area (Å²) in [4.78, 5) is 7.66. The molecule has 8 aromatic rings. The molecule has 0 aliphatic carbocycles. The molecule has 0 bridgehead atoms. The fourth-order valence-corrected chi connectivity index (χ4v) is 7.79. The van der Waals surface area contributed by atoms with Crippen LogP contribution >= 0.6 is 0 Å². The van der Waals surface area contributed by atoms with Crippen molar-refractivity contribution in [2.24, 2.45) is 0 Å². The van der Waals surface area contributed by atoms with E-state index in [0.717, 1.165) is 33.8 Å². The number of pyridine rings is 1. The topological polar surface area (TPSA) is 16.1 Å². The quantitative estimate of drug-likeness (QED) is 0.192. The summed E-state index contributed by atoms with van der Waals surface area (Å²) < 4.78 is 0. The van der Waals surface area contributed by atoms with Crippen molar-refractivity contribution in [3.63, 3.8) is 0 Å². The second kappa shape index (κ2) is 11.5. The van der Waals surface area contributed by atoms with Crippen molar-refractivity contribution < 1.29 is 0 Å². The van der Waals surface area contributed by atoms with Crippen LogP contribution in [0.3, 0.4) is 0 Å². The molecule has 0 N–H and O–H groups in total. The smallest absolute Gasteiger partial charge is 0.0948 e. The third-order valence-electron chi connectivity index (χ3n) is 9.77. The molecule has 7 aromatic carbocycles. The molecule has 0 saturated carbocycles. The summed E-state index contributed by atoms with van der Waals surface area (Å²) >= 11 is 0. The summed E-state index contributed by atoms with van der Waals surface area (Å²) in [6.45, 7) is 0. The zero-order valence-corrected chi connectivity index (χ0v) is 26.4. The summed E-state index contributed by atoms with van der Waals surface area (Å²) in [5.74, 6) is 0. The third kappa shape index (κ3) is 4.23. The van der Waals surface area contributed by atoms with Gasteiger partial charge in [-0.1, -0.05) is 176 Å². The van der Waals surface area contributed by atoms with Crippen LogP contribution in [0.15, 0.2) is 194 Å². The van der Waals surface area contributed by atoms with Gasteiger partial charge in [-0.3, -0.25) is 4.98 Å². The number of hydrogen-bond donors (Lipinski definition) is 0. The molecule has 0 fully saturated rings. The van der Waals surface area contributed by atoms with Gasteiger partial charge in [-0.15, -0.1) is 0 Å². The van der Waals surface area contributed by atoms with Gasteiger partial charge in [-0.2, -0.15) is 0 Å². The molecule has 0 saturated heterocycles. The molecule has 2 nitrogen and oxygen atoms in total. The zero-order valence-electron chi connectivity index (χ0n) is 26.4. The molecule has 1 aliphatic heterocycles. The first-order valence-electron chi connectivity index (χ1n) is 16.5. The number of hydrogen-bond acceptors (Lipinski definition) is 2. The van der Waals surface area contributed by atoms with Crippen LogP contribution in [0.1, 0.15) is 22.3 Å². The molecule has 1 aliphatic rings.